The van der Waals surface area contributed by atoms with Crippen molar-refractivity contribution in [1.29, 1.82) is 0 Å². The van der Waals surface area contributed by atoms with Crippen molar-refractivity contribution in [2.75, 3.05) is 12.4 Å². The molecule has 3 heterocycles. The summed E-state index contributed by atoms with van der Waals surface area (Å²) in [5.74, 6) is 0.160. The average Bonchev–Trinajstić information content (AvgIpc) is 3.24. The van der Waals surface area contributed by atoms with Crippen LogP contribution in [0.25, 0.3) is 11.1 Å². The van der Waals surface area contributed by atoms with Crippen molar-refractivity contribution in [2.24, 2.45) is 11.3 Å². The normalized spacial score (nSPS) is 21.9. The molecule has 2 atom stereocenters. The van der Waals surface area contributed by atoms with Gasteiger partial charge in [-0.3, -0.25) is 14.8 Å². The second-order valence-electron chi connectivity index (χ2n) is 9.26. The van der Waals surface area contributed by atoms with E-state index in [0.29, 0.717) is 10.8 Å². The Kier molecular flexibility index (Phi) is 5.92. The van der Waals surface area contributed by atoms with Crippen LogP contribution in [0, 0.1) is 11.3 Å². The van der Waals surface area contributed by atoms with Gasteiger partial charge in [0, 0.05) is 42.7 Å². The van der Waals surface area contributed by atoms with Crippen molar-refractivity contribution in [2.45, 2.75) is 58.5 Å². The number of hydrogen-bond acceptors (Lipinski definition) is 4. The minimum atomic E-state index is -0.372. The van der Waals surface area contributed by atoms with E-state index in [-0.39, 0.29) is 29.3 Å². The summed E-state index contributed by atoms with van der Waals surface area (Å²) in [7, 11) is 1.63. The number of rotatable bonds is 4. The van der Waals surface area contributed by atoms with Gasteiger partial charge < -0.3 is 10.6 Å². The zero-order valence-electron chi connectivity index (χ0n) is 18.2. The number of urea groups is 1. The largest absolute Gasteiger partial charge is 0.359 e. The highest BCUT2D eigenvalue weighted by molar-refractivity contribution is 6.33. The van der Waals surface area contributed by atoms with Gasteiger partial charge in [0.1, 0.15) is 5.82 Å². The lowest BCUT2D eigenvalue weighted by Crippen LogP contribution is -2.49. The van der Waals surface area contributed by atoms with Crippen molar-refractivity contribution in [3.63, 3.8) is 0 Å². The van der Waals surface area contributed by atoms with Crippen LogP contribution in [0.15, 0.2) is 18.5 Å². The van der Waals surface area contributed by atoms with Crippen molar-refractivity contribution >= 4 is 29.4 Å². The fourth-order valence-corrected chi connectivity index (χ4v) is 4.92. The number of fused-ring (bicyclic) bond motifs is 1. The van der Waals surface area contributed by atoms with Crippen molar-refractivity contribution in [1.82, 2.24) is 25.4 Å². The minimum Gasteiger partial charge on any atom is -0.359 e. The maximum absolute atomic E-state index is 12.6. The van der Waals surface area contributed by atoms with E-state index in [9.17, 15) is 9.59 Å². The monoisotopic (exact) mass is 444 g/mol. The van der Waals surface area contributed by atoms with Gasteiger partial charge in [0.05, 0.1) is 17.1 Å². The first-order valence-electron chi connectivity index (χ1n) is 10.8. The van der Waals surface area contributed by atoms with Crippen molar-refractivity contribution in [3.05, 3.63) is 29.2 Å². The highest BCUT2D eigenvalue weighted by Gasteiger charge is 2.33. The highest BCUT2D eigenvalue weighted by atomic mass is 35.5. The lowest BCUT2D eigenvalue weighted by molar-refractivity contribution is -0.126. The van der Waals surface area contributed by atoms with Crippen LogP contribution >= 0.6 is 11.6 Å². The van der Waals surface area contributed by atoms with Crippen LogP contribution < -0.4 is 16.0 Å². The lowest BCUT2D eigenvalue weighted by Gasteiger charge is -2.30. The molecule has 166 valence electrons. The molecule has 1 saturated carbocycles. The minimum absolute atomic E-state index is 0.0325. The number of aromatic nitrogens is 3. The number of carbonyl (C=O) groups excluding carboxylic acids is 2. The molecule has 8 nitrogen and oxygen atoms in total. The molecule has 2 aliphatic rings. The number of nitrogens with one attached hydrogen (secondary N) is 3. The number of hydrogen-bond donors (Lipinski definition) is 3. The standard InChI is InChI=1S/C22H29ClN6O2/c1-22(2)9-18-15(10-26-29(18)12-22)14-8-19(25-11-16(14)23)28-21(31)27-17-7-5-4-6-13(17)20(30)24-3/h8,10-11,13,17H,4-7,9,12H2,1-3H3,(H,24,30)(H2,25,27,28,31)/t13-,17+/m0/s1. The van der Waals surface area contributed by atoms with Gasteiger partial charge in [-0.25, -0.2) is 9.78 Å². The number of nitrogens with zero attached hydrogens (tertiary/aromatic N) is 3. The molecule has 0 spiro atoms. The Hall–Kier alpha value is -2.61. The van der Waals surface area contributed by atoms with Crippen LogP contribution in [0.4, 0.5) is 10.6 Å². The first-order valence-corrected chi connectivity index (χ1v) is 11.1. The van der Waals surface area contributed by atoms with Crippen LogP contribution in [0.5, 0.6) is 0 Å². The molecular formula is C22H29ClN6O2. The second kappa shape index (κ2) is 8.49. The summed E-state index contributed by atoms with van der Waals surface area (Å²) in [6, 6.07) is 1.21. The molecule has 0 radical (unpaired) electrons. The third-order valence-electron chi connectivity index (χ3n) is 6.23. The summed E-state index contributed by atoms with van der Waals surface area (Å²) in [5.41, 5.74) is 3.06. The Balaban J connectivity index is 1.49. The molecule has 31 heavy (non-hydrogen) atoms. The van der Waals surface area contributed by atoms with Gasteiger partial charge in [-0.15, -0.1) is 0 Å². The van der Waals surface area contributed by atoms with E-state index in [1.807, 2.05) is 10.9 Å². The van der Waals surface area contributed by atoms with Gasteiger partial charge in [0.2, 0.25) is 5.91 Å². The van der Waals surface area contributed by atoms with Crippen molar-refractivity contribution in [3.8, 4) is 11.1 Å². The third-order valence-corrected chi connectivity index (χ3v) is 6.53. The van der Waals surface area contributed by atoms with Gasteiger partial charge >= 0.3 is 6.03 Å². The summed E-state index contributed by atoms with van der Waals surface area (Å²) in [6.45, 7) is 5.30. The highest BCUT2D eigenvalue weighted by Crippen LogP contribution is 2.39. The average molecular weight is 445 g/mol. The van der Waals surface area contributed by atoms with Gasteiger partial charge in [-0.05, 0) is 30.7 Å². The Morgan fingerprint density at radius 1 is 1.19 bits per heavy atom. The van der Waals surface area contributed by atoms with E-state index in [1.54, 1.807) is 19.3 Å². The summed E-state index contributed by atoms with van der Waals surface area (Å²) < 4.78 is 2.02. The quantitative estimate of drug-likeness (QED) is 0.670. The zero-order chi connectivity index (χ0) is 22.2. The lowest BCUT2D eigenvalue weighted by atomic mass is 9.84. The molecule has 9 heteroatoms. The maximum Gasteiger partial charge on any atom is 0.320 e. The van der Waals surface area contributed by atoms with Crippen molar-refractivity contribution < 1.29 is 9.59 Å². The van der Waals surface area contributed by atoms with Crippen LogP contribution in [0.2, 0.25) is 5.02 Å². The first-order chi connectivity index (χ1) is 14.8. The number of carbonyl (C=O) groups is 2. The van der Waals surface area contributed by atoms with Crippen LogP contribution in [-0.4, -0.2) is 39.8 Å². The summed E-state index contributed by atoms with van der Waals surface area (Å²) >= 11 is 6.45. The van der Waals surface area contributed by atoms with Crippen LogP contribution in [0.1, 0.15) is 45.2 Å². The van der Waals surface area contributed by atoms with Gasteiger partial charge in [-0.2, -0.15) is 5.10 Å². The molecule has 3 N–H and O–H groups in total. The predicted octanol–water partition coefficient (Wildman–Crippen LogP) is 3.61. The predicted molar refractivity (Wildman–Crippen MR) is 120 cm³/mol. The molecule has 1 aliphatic carbocycles. The summed E-state index contributed by atoms with van der Waals surface area (Å²) in [5, 5.41) is 13.5. The Bertz CT molecular complexity index is 1000. The third kappa shape index (κ3) is 4.54. The maximum atomic E-state index is 12.6. The Morgan fingerprint density at radius 2 is 1.97 bits per heavy atom. The molecule has 0 bridgehead atoms. The topological polar surface area (TPSA) is 101 Å². The number of halogens is 1. The molecule has 3 amide bonds. The Morgan fingerprint density at radius 3 is 2.74 bits per heavy atom. The molecule has 2 aromatic heterocycles. The molecular weight excluding hydrogens is 416 g/mol. The molecule has 0 unspecified atom stereocenters. The van der Waals surface area contributed by atoms with Gasteiger partial charge in [0.15, 0.2) is 0 Å². The van der Waals surface area contributed by atoms with E-state index in [0.717, 1.165) is 55.5 Å². The van der Waals surface area contributed by atoms with E-state index in [4.69, 9.17) is 11.6 Å². The van der Waals surface area contributed by atoms with Gasteiger partial charge in [0.25, 0.3) is 0 Å². The van der Waals surface area contributed by atoms with Crippen LogP contribution in [-0.2, 0) is 17.8 Å². The molecule has 0 saturated heterocycles. The molecule has 4 rings (SSSR count). The zero-order valence-corrected chi connectivity index (χ0v) is 18.9. The molecule has 1 fully saturated rings. The fraction of sp³-hybridized carbons (Fsp3) is 0.545. The SMILES string of the molecule is CNC(=O)[C@H]1CCCC[C@H]1NC(=O)Nc1cc(-c2cnn3c2CC(C)(C)C3)c(Cl)cn1. The molecule has 2 aromatic rings. The molecule has 1 aliphatic heterocycles. The van der Waals surface area contributed by atoms with Gasteiger partial charge in [-0.1, -0.05) is 38.3 Å². The number of amides is 3. The summed E-state index contributed by atoms with van der Waals surface area (Å²) in [4.78, 5) is 29.1. The smallest absolute Gasteiger partial charge is 0.320 e. The second-order valence-corrected chi connectivity index (χ2v) is 9.67. The summed E-state index contributed by atoms with van der Waals surface area (Å²) in [6.07, 6.45) is 7.82. The number of pyridine rings is 1. The van der Waals surface area contributed by atoms with Crippen LogP contribution in [0.3, 0.4) is 0 Å². The number of anilines is 1. The first kappa shape index (κ1) is 21.6. The van der Waals surface area contributed by atoms with E-state index in [1.165, 1.54) is 0 Å². The molecule has 0 aromatic carbocycles. The fourth-order valence-electron chi connectivity index (χ4n) is 4.71. The van der Waals surface area contributed by atoms with E-state index in [2.05, 4.69) is 39.9 Å². The Labute approximate surface area is 187 Å². The van der Waals surface area contributed by atoms with E-state index >= 15 is 0 Å². The van der Waals surface area contributed by atoms with E-state index < -0.39 is 0 Å².